The number of hydrogen-bond donors (Lipinski definition) is 1. The van der Waals surface area contributed by atoms with E-state index >= 15 is 0 Å². The van der Waals surface area contributed by atoms with Gasteiger partial charge in [-0.15, -0.1) is 0 Å². The van der Waals surface area contributed by atoms with Gasteiger partial charge in [0.25, 0.3) is 0 Å². The minimum absolute atomic E-state index is 0.658. The number of hydrogen-bond acceptors (Lipinski definition) is 1. The van der Waals surface area contributed by atoms with Gasteiger partial charge in [-0.3, -0.25) is 0 Å². The molecule has 0 bridgehead atoms. The first-order chi connectivity index (χ1) is 8.74. The minimum Gasteiger partial charge on any atom is -0.310 e. The van der Waals surface area contributed by atoms with Gasteiger partial charge < -0.3 is 5.32 Å². The van der Waals surface area contributed by atoms with E-state index in [4.69, 9.17) is 0 Å². The van der Waals surface area contributed by atoms with Gasteiger partial charge in [0.15, 0.2) is 0 Å². The lowest BCUT2D eigenvalue weighted by molar-refractivity contribution is 0.450. The molecule has 0 fully saturated rings. The molecule has 0 aromatic heterocycles. The van der Waals surface area contributed by atoms with E-state index in [2.05, 4.69) is 32.2 Å². The monoisotopic (exact) mass is 251 g/mol. The highest BCUT2D eigenvalue weighted by Gasteiger charge is 2.14. The molecular formula is C17H33N. The van der Waals surface area contributed by atoms with Crippen molar-refractivity contribution in [3.63, 3.8) is 0 Å². The highest BCUT2D eigenvalue weighted by molar-refractivity contribution is 5.11. The second kappa shape index (κ2) is 9.61. The summed E-state index contributed by atoms with van der Waals surface area (Å²) in [4.78, 5) is 0. The number of allylic oxidation sites excluding steroid dienone is 1. The first-order valence-corrected chi connectivity index (χ1v) is 8.16. The summed E-state index contributed by atoms with van der Waals surface area (Å²) in [5.41, 5.74) is 1.71. The molecule has 18 heavy (non-hydrogen) atoms. The van der Waals surface area contributed by atoms with E-state index in [0.717, 1.165) is 5.92 Å². The standard InChI is InChI=1S/C17H33N/c1-4-14-18-17(13-12-15(2)3)16-10-8-6-5-7-9-11-16/h10,15,17-18H,4-9,11-14H2,1-3H3. The van der Waals surface area contributed by atoms with Gasteiger partial charge >= 0.3 is 0 Å². The van der Waals surface area contributed by atoms with Gasteiger partial charge in [-0.25, -0.2) is 0 Å². The zero-order chi connectivity index (χ0) is 13.2. The third kappa shape index (κ3) is 6.58. The van der Waals surface area contributed by atoms with Crippen molar-refractivity contribution in [3.8, 4) is 0 Å². The first-order valence-electron chi connectivity index (χ1n) is 8.16. The Labute approximate surface area is 114 Å². The van der Waals surface area contributed by atoms with Crippen molar-refractivity contribution in [2.75, 3.05) is 6.54 Å². The Morgan fingerprint density at radius 3 is 2.61 bits per heavy atom. The smallest absolute Gasteiger partial charge is 0.0279 e. The average Bonchev–Trinajstić information content (AvgIpc) is 2.30. The maximum Gasteiger partial charge on any atom is 0.0279 e. The van der Waals surface area contributed by atoms with E-state index < -0.39 is 0 Å². The molecule has 1 atom stereocenters. The Kier molecular flexibility index (Phi) is 8.41. The van der Waals surface area contributed by atoms with E-state index in [-0.39, 0.29) is 0 Å². The van der Waals surface area contributed by atoms with Crippen LogP contribution in [0.25, 0.3) is 0 Å². The predicted octanol–water partition coefficient (Wildman–Crippen LogP) is 5.07. The van der Waals surface area contributed by atoms with Crippen molar-refractivity contribution in [1.29, 1.82) is 0 Å². The van der Waals surface area contributed by atoms with E-state index in [1.165, 1.54) is 64.3 Å². The van der Waals surface area contributed by atoms with Crippen LogP contribution in [0.5, 0.6) is 0 Å². The molecule has 106 valence electrons. The number of nitrogens with one attached hydrogen (secondary N) is 1. The quantitative estimate of drug-likeness (QED) is 0.623. The highest BCUT2D eigenvalue weighted by Crippen LogP contribution is 2.23. The lowest BCUT2D eigenvalue weighted by Gasteiger charge is -2.24. The molecule has 0 radical (unpaired) electrons. The Morgan fingerprint density at radius 2 is 1.89 bits per heavy atom. The summed E-state index contributed by atoms with van der Waals surface area (Å²) in [5.74, 6) is 0.824. The van der Waals surface area contributed by atoms with E-state index in [1.54, 1.807) is 5.57 Å². The second-order valence-electron chi connectivity index (χ2n) is 6.21. The summed E-state index contributed by atoms with van der Waals surface area (Å²) < 4.78 is 0. The molecule has 1 N–H and O–H groups in total. The highest BCUT2D eigenvalue weighted by atomic mass is 14.9. The van der Waals surface area contributed by atoms with Crippen LogP contribution in [0.1, 0.15) is 78.6 Å². The molecule has 0 aliphatic heterocycles. The fourth-order valence-corrected chi connectivity index (χ4v) is 2.77. The largest absolute Gasteiger partial charge is 0.310 e. The van der Waals surface area contributed by atoms with E-state index in [9.17, 15) is 0 Å². The summed E-state index contributed by atoms with van der Waals surface area (Å²) in [6.45, 7) is 8.10. The Hall–Kier alpha value is -0.300. The van der Waals surface area contributed by atoms with Gasteiger partial charge in [-0.2, -0.15) is 0 Å². The van der Waals surface area contributed by atoms with Crippen LogP contribution in [0.2, 0.25) is 0 Å². The fourth-order valence-electron chi connectivity index (χ4n) is 2.77. The van der Waals surface area contributed by atoms with Crippen molar-refractivity contribution >= 4 is 0 Å². The number of rotatable bonds is 7. The Balaban J connectivity index is 2.54. The zero-order valence-electron chi connectivity index (χ0n) is 12.8. The maximum absolute atomic E-state index is 3.77. The molecule has 0 saturated carbocycles. The Bertz CT molecular complexity index is 230. The van der Waals surface area contributed by atoms with Crippen molar-refractivity contribution in [2.24, 2.45) is 5.92 Å². The van der Waals surface area contributed by atoms with Crippen LogP contribution in [-0.2, 0) is 0 Å². The van der Waals surface area contributed by atoms with Gasteiger partial charge in [0, 0.05) is 6.04 Å². The molecule has 0 aromatic carbocycles. The minimum atomic E-state index is 0.658. The zero-order valence-corrected chi connectivity index (χ0v) is 12.8. The molecule has 0 saturated heterocycles. The van der Waals surface area contributed by atoms with Crippen LogP contribution in [0.15, 0.2) is 11.6 Å². The average molecular weight is 251 g/mol. The summed E-state index contributed by atoms with van der Waals surface area (Å²) in [7, 11) is 0. The fraction of sp³-hybridized carbons (Fsp3) is 0.882. The van der Waals surface area contributed by atoms with Crippen LogP contribution in [0.4, 0.5) is 0 Å². The molecular weight excluding hydrogens is 218 g/mol. The SMILES string of the molecule is CCCNC(CCC(C)C)C1=CCCCCCC1. The lowest BCUT2D eigenvalue weighted by Crippen LogP contribution is -2.32. The predicted molar refractivity (Wildman–Crippen MR) is 81.9 cm³/mol. The molecule has 1 unspecified atom stereocenters. The van der Waals surface area contributed by atoms with Crippen molar-refractivity contribution in [2.45, 2.75) is 84.6 Å². The van der Waals surface area contributed by atoms with Crippen molar-refractivity contribution in [1.82, 2.24) is 5.32 Å². The van der Waals surface area contributed by atoms with Gasteiger partial charge in [-0.05, 0) is 57.4 Å². The molecule has 1 rings (SSSR count). The van der Waals surface area contributed by atoms with Crippen molar-refractivity contribution < 1.29 is 0 Å². The van der Waals surface area contributed by atoms with Crippen LogP contribution in [0.3, 0.4) is 0 Å². The molecule has 1 aliphatic carbocycles. The molecule has 1 aliphatic rings. The van der Waals surface area contributed by atoms with Gasteiger partial charge in [-0.1, -0.05) is 45.3 Å². The van der Waals surface area contributed by atoms with Crippen LogP contribution < -0.4 is 5.32 Å². The van der Waals surface area contributed by atoms with Gasteiger partial charge in [0.2, 0.25) is 0 Å². The van der Waals surface area contributed by atoms with E-state index in [0.29, 0.717) is 6.04 Å². The normalized spacial score (nSPS) is 19.2. The van der Waals surface area contributed by atoms with Crippen LogP contribution in [0, 0.1) is 5.92 Å². The van der Waals surface area contributed by atoms with Crippen LogP contribution >= 0.6 is 0 Å². The third-order valence-electron chi connectivity index (χ3n) is 3.95. The maximum atomic E-state index is 3.77. The molecule has 0 amide bonds. The topological polar surface area (TPSA) is 12.0 Å². The van der Waals surface area contributed by atoms with Gasteiger partial charge in [0.1, 0.15) is 0 Å². The first kappa shape index (κ1) is 15.8. The summed E-state index contributed by atoms with van der Waals surface area (Å²) in [6.07, 6.45) is 14.8. The van der Waals surface area contributed by atoms with Crippen molar-refractivity contribution in [3.05, 3.63) is 11.6 Å². The molecule has 0 heterocycles. The Morgan fingerprint density at radius 1 is 1.11 bits per heavy atom. The third-order valence-corrected chi connectivity index (χ3v) is 3.95. The van der Waals surface area contributed by atoms with E-state index in [1.807, 2.05) is 0 Å². The molecule has 1 heteroatoms. The lowest BCUT2D eigenvalue weighted by atomic mass is 9.91. The summed E-state index contributed by atoms with van der Waals surface area (Å²) in [6, 6.07) is 0.658. The molecule has 0 spiro atoms. The molecule has 1 nitrogen and oxygen atoms in total. The van der Waals surface area contributed by atoms with Crippen LogP contribution in [-0.4, -0.2) is 12.6 Å². The second-order valence-corrected chi connectivity index (χ2v) is 6.21. The molecule has 0 aromatic rings. The van der Waals surface area contributed by atoms with Gasteiger partial charge in [0.05, 0.1) is 0 Å². The summed E-state index contributed by atoms with van der Waals surface area (Å²) >= 11 is 0. The summed E-state index contributed by atoms with van der Waals surface area (Å²) in [5, 5.41) is 3.77.